The number of hydrogen-bond acceptors (Lipinski definition) is 7. The molecule has 2 heterocycles. The van der Waals surface area contributed by atoms with E-state index in [1.54, 1.807) is 26.5 Å². The molecule has 8 heteroatoms. The zero-order valence-electron chi connectivity index (χ0n) is 23.1. The number of pyridine rings is 1. The van der Waals surface area contributed by atoms with Crippen molar-refractivity contribution in [2.24, 2.45) is 5.92 Å². The van der Waals surface area contributed by atoms with Gasteiger partial charge in [-0.05, 0) is 61.7 Å². The molecule has 0 bridgehead atoms. The number of rotatable bonds is 8. The molecule has 3 aromatic rings. The van der Waals surface area contributed by atoms with Crippen molar-refractivity contribution >= 4 is 17.5 Å². The average molecular weight is 540 g/mol. The Hall–Kier alpha value is -4.59. The maximum Gasteiger partial charge on any atom is 0.255 e. The van der Waals surface area contributed by atoms with Crippen LogP contribution in [0, 0.1) is 12.8 Å². The molecule has 1 aromatic heterocycles. The van der Waals surface area contributed by atoms with Crippen LogP contribution in [0.25, 0.3) is 0 Å². The molecule has 2 atom stereocenters. The quantitative estimate of drug-likeness (QED) is 0.393. The lowest BCUT2D eigenvalue weighted by atomic mass is 9.70. The maximum absolute atomic E-state index is 13.8. The number of fused-ring (bicyclic) bond motifs is 1. The first-order valence-electron chi connectivity index (χ1n) is 13.3. The first-order chi connectivity index (χ1) is 19.4. The lowest BCUT2D eigenvalue weighted by molar-refractivity contribution is -0.122. The van der Waals surface area contributed by atoms with Crippen molar-refractivity contribution in [3.8, 4) is 17.2 Å². The van der Waals surface area contributed by atoms with Gasteiger partial charge in [-0.15, -0.1) is 0 Å². The predicted octanol–water partition coefficient (Wildman–Crippen LogP) is 5.45. The molecule has 0 saturated carbocycles. The van der Waals surface area contributed by atoms with E-state index in [0.717, 1.165) is 22.4 Å². The molecule has 2 N–H and O–H groups in total. The second kappa shape index (κ2) is 11.7. The molecule has 0 radical (unpaired) electrons. The van der Waals surface area contributed by atoms with Gasteiger partial charge in [-0.1, -0.05) is 24.3 Å². The summed E-state index contributed by atoms with van der Waals surface area (Å²) < 4.78 is 17.0. The van der Waals surface area contributed by atoms with Gasteiger partial charge in [0.25, 0.3) is 5.91 Å². The van der Waals surface area contributed by atoms with Gasteiger partial charge in [0.1, 0.15) is 35.5 Å². The van der Waals surface area contributed by atoms with Gasteiger partial charge in [0, 0.05) is 47.1 Å². The summed E-state index contributed by atoms with van der Waals surface area (Å²) in [6.07, 6.45) is 4.88. The van der Waals surface area contributed by atoms with E-state index >= 15 is 0 Å². The number of methoxy groups -OCH3 is 2. The predicted molar refractivity (Wildman–Crippen MR) is 152 cm³/mol. The summed E-state index contributed by atoms with van der Waals surface area (Å²) in [5.41, 5.74) is 4.68. The molecule has 2 aromatic carbocycles. The van der Waals surface area contributed by atoms with Crippen LogP contribution >= 0.6 is 0 Å². The third kappa shape index (κ3) is 5.57. The Bertz CT molecular complexity index is 1490. The molecule has 8 nitrogen and oxygen atoms in total. The number of nitrogens with one attached hydrogen (secondary N) is 2. The first-order valence-corrected chi connectivity index (χ1v) is 13.3. The second-order valence-corrected chi connectivity index (χ2v) is 10.00. The zero-order chi connectivity index (χ0) is 28.2. The number of carbonyl (C=O) groups is 2. The summed E-state index contributed by atoms with van der Waals surface area (Å²) in [5.74, 6) is 1.28. The minimum atomic E-state index is -0.496. The highest BCUT2D eigenvalue weighted by Crippen LogP contribution is 2.44. The number of ether oxygens (including phenoxy) is 3. The van der Waals surface area contributed by atoms with Gasteiger partial charge in [0.05, 0.1) is 20.1 Å². The molecule has 206 valence electrons. The van der Waals surface area contributed by atoms with Crippen molar-refractivity contribution in [1.82, 2.24) is 10.3 Å². The van der Waals surface area contributed by atoms with E-state index in [-0.39, 0.29) is 18.3 Å². The second-order valence-electron chi connectivity index (χ2n) is 10.00. The number of nitrogens with zero attached hydrogens (tertiary/aromatic N) is 1. The van der Waals surface area contributed by atoms with E-state index in [1.807, 2.05) is 62.4 Å². The van der Waals surface area contributed by atoms with Crippen LogP contribution in [-0.4, -0.2) is 30.9 Å². The molecular formula is C32H33N3O5. The maximum atomic E-state index is 13.8. The summed E-state index contributed by atoms with van der Waals surface area (Å²) in [7, 11) is 3.22. The topological polar surface area (TPSA) is 98.8 Å². The molecule has 2 unspecified atom stereocenters. The van der Waals surface area contributed by atoms with Crippen LogP contribution in [0.3, 0.4) is 0 Å². The fraction of sp³-hybridized carbons (Fsp3) is 0.281. The number of amides is 1. The Labute approximate surface area is 234 Å². The van der Waals surface area contributed by atoms with Gasteiger partial charge in [-0.3, -0.25) is 9.59 Å². The van der Waals surface area contributed by atoms with Crippen LogP contribution < -0.4 is 24.8 Å². The van der Waals surface area contributed by atoms with E-state index in [4.69, 9.17) is 14.2 Å². The largest absolute Gasteiger partial charge is 0.497 e. The van der Waals surface area contributed by atoms with Crippen molar-refractivity contribution < 1.29 is 23.8 Å². The minimum absolute atomic E-state index is 0.103. The van der Waals surface area contributed by atoms with Gasteiger partial charge in [0.2, 0.25) is 0 Å². The molecule has 1 amide bonds. The summed E-state index contributed by atoms with van der Waals surface area (Å²) in [6, 6.07) is 16.8. The van der Waals surface area contributed by atoms with Crippen LogP contribution in [0.1, 0.15) is 42.4 Å². The van der Waals surface area contributed by atoms with Crippen molar-refractivity contribution in [1.29, 1.82) is 0 Å². The third-order valence-corrected chi connectivity index (χ3v) is 7.31. The van der Waals surface area contributed by atoms with Gasteiger partial charge in [0.15, 0.2) is 0 Å². The van der Waals surface area contributed by atoms with Crippen molar-refractivity contribution in [3.63, 3.8) is 0 Å². The fourth-order valence-electron chi connectivity index (χ4n) is 5.36. The highest BCUT2D eigenvalue weighted by atomic mass is 16.5. The van der Waals surface area contributed by atoms with E-state index in [0.29, 0.717) is 47.2 Å². The number of anilines is 1. The lowest BCUT2D eigenvalue weighted by Gasteiger charge is -2.38. The number of Topliss-reactive ketones (excluding diaryl/α,β-unsaturated/α-hetero) is 1. The van der Waals surface area contributed by atoms with Gasteiger partial charge < -0.3 is 24.8 Å². The van der Waals surface area contributed by atoms with Gasteiger partial charge in [-0.25, -0.2) is 4.98 Å². The number of benzene rings is 2. The monoisotopic (exact) mass is 539 g/mol. The average Bonchev–Trinajstić information content (AvgIpc) is 2.96. The van der Waals surface area contributed by atoms with E-state index in [2.05, 4.69) is 21.7 Å². The van der Waals surface area contributed by atoms with Crippen LogP contribution in [-0.2, 0) is 16.2 Å². The Balaban J connectivity index is 1.53. The Morgan fingerprint density at radius 2 is 1.85 bits per heavy atom. The molecule has 40 heavy (non-hydrogen) atoms. The summed E-state index contributed by atoms with van der Waals surface area (Å²) in [4.78, 5) is 31.5. The molecule has 0 fully saturated rings. The van der Waals surface area contributed by atoms with Crippen LogP contribution in [0.4, 0.5) is 5.82 Å². The smallest absolute Gasteiger partial charge is 0.255 e. The molecule has 1 aliphatic heterocycles. The Morgan fingerprint density at radius 3 is 2.60 bits per heavy atom. The van der Waals surface area contributed by atoms with Crippen LogP contribution in [0.2, 0.25) is 0 Å². The molecule has 0 saturated heterocycles. The number of aryl methyl sites for hydroxylation is 1. The lowest BCUT2D eigenvalue weighted by Crippen LogP contribution is -2.41. The van der Waals surface area contributed by atoms with Crippen molar-refractivity contribution in [3.05, 3.63) is 101 Å². The standard InChI is InChI=1S/C32H33N3O5/c1-19-11-14-28(33-17-19)35-32(37)29-20(2)34-25-9-6-10-26(36)31(25)30(29)21-12-13-27(39-4)22(15-21)18-40-24-8-5-7-23(16-24)38-3/h5,7-9,11-17,30-31,34H,6,10,18H2,1-4H3,(H,33,35,37). The summed E-state index contributed by atoms with van der Waals surface area (Å²) >= 11 is 0. The molecule has 1 aliphatic carbocycles. The number of aromatic nitrogens is 1. The van der Waals surface area contributed by atoms with E-state index in [1.165, 1.54) is 0 Å². The summed E-state index contributed by atoms with van der Waals surface area (Å²) in [5, 5.41) is 6.28. The minimum Gasteiger partial charge on any atom is -0.497 e. The molecular weight excluding hydrogens is 506 g/mol. The number of carbonyl (C=O) groups excluding carboxylic acids is 2. The highest BCUT2D eigenvalue weighted by Gasteiger charge is 2.43. The molecule has 2 aliphatic rings. The van der Waals surface area contributed by atoms with E-state index < -0.39 is 11.8 Å². The third-order valence-electron chi connectivity index (χ3n) is 7.31. The number of hydrogen-bond donors (Lipinski definition) is 2. The Morgan fingerprint density at radius 1 is 1.02 bits per heavy atom. The van der Waals surface area contributed by atoms with Crippen molar-refractivity contribution in [2.45, 2.75) is 39.2 Å². The Kier molecular flexibility index (Phi) is 7.86. The summed E-state index contributed by atoms with van der Waals surface area (Å²) in [6.45, 7) is 4.04. The first kappa shape index (κ1) is 27.0. The zero-order valence-corrected chi connectivity index (χ0v) is 23.1. The van der Waals surface area contributed by atoms with Crippen LogP contribution in [0.5, 0.6) is 17.2 Å². The van der Waals surface area contributed by atoms with Crippen molar-refractivity contribution in [2.75, 3.05) is 19.5 Å². The number of ketones is 1. The molecule has 5 rings (SSSR count). The normalized spacial score (nSPS) is 18.3. The van der Waals surface area contributed by atoms with E-state index in [9.17, 15) is 9.59 Å². The van der Waals surface area contributed by atoms with Gasteiger partial charge >= 0.3 is 0 Å². The molecule has 0 spiro atoms. The van der Waals surface area contributed by atoms with Crippen LogP contribution in [0.15, 0.2) is 83.8 Å². The fourth-order valence-corrected chi connectivity index (χ4v) is 5.36. The van der Waals surface area contributed by atoms with Gasteiger partial charge in [-0.2, -0.15) is 0 Å². The SMILES string of the molecule is COc1cccc(OCc2cc(C3C(C(=O)Nc4ccc(C)cn4)=C(C)NC4=CCCC(=O)C43)ccc2OC)c1. The number of allylic oxidation sites excluding steroid dienone is 3. The highest BCUT2D eigenvalue weighted by molar-refractivity contribution is 6.06.